The second-order valence-corrected chi connectivity index (χ2v) is 1.22. The average Bonchev–Trinajstić information content (AvgIpc) is 0.722. The van der Waals surface area contributed by atoms with E-state index in [4.69, 9.17) is 17.5 Å². The van der Waals surface area contributed by atoms with Crippen molar-refractivity contribution in [1.29, 1.82) is 0 Å². The molecule has 1 radical (unpaired) electrons. The summed E-state index contributed by atoms with van der Waals surface area (Å²) in [5.74, 6) is 0. The maximum Gasteiger partial charge on any atom is 3.00 e. The van der Waals surface area contributed by atoms with Crippen LogP contribution in [0.5, 0.6) is 0 Å². The fraction of sp³-hybridized carbons (Fsp3) is 0. The van der Waals surface area contributed by atoms with Crippen molar-refractivity contribution in [1.82, 2.24) is 0 Å². The van der Waals surface area contributed by atoms with Crippen molar-refractivity contribution < 1.29 is 62.2 Å². The standard InChI is InChI=1S/Cd.Cr.H2O4S/c;;1-5(2,3)4/h;;(H2,1,2,3,4)/q+2;+3;/p-2. The van der Waals surface area contributed by atoms with E-state index < -0.39 is 10.4 Å². The van der Waals surface area contributed by atoms with Crippen molar-refractivity contribution in [2.24, 2.45) is 0 Å². The normalized spacial score (nSPS) is 8.29. The molecule has 0 fully saturated rings. The molecule has 0 amide bonds. The van der Waals surface area contributed by atoms with E-state index in [1.807, 2.05) is 0 Å². The van der Waals surface area contributed by atoms with Gasteiger partial charge in [-0.2, -0.15) is 0 Å². The Labute approximate surface area is 72.2 Å². The molecular weight excluding hydrogens is 260 g/mol. The SMILES string of the molecule is O=S(=O)([O-])[O-].[Cd+2].[Cr+3]. The van der Waals surface area contributed by atoms with Crippen LogP contribution in [0, 0.1) is 0 Å². The molecule has 0 heterocycles. The van der Waals surface area contributed by atoms with Crippen LogP contribution in [0.1, 0.15) is 0 Å². The Kier molecular flexibility index (Phi) is 12.3. The molecule has 0 atom stereocenters. The smallest absolute Gasteiger partial charge is 0.759 e. The van der Waals surface area contributed by atoms with E-state index in [0.29, 0.717) is 0 Å². The van der Waals surface area contributed by atoms with Gasteiger partial charge in [-0.25, -0.2) is 0 Å². The second-order valence-electron chi connectivity index (χ2n) is 0.408. The summed E-state index contributed by atoms with van der Waals surface area (Å²) < 4.78 is 34.1. The van der Waals surface area contributed by atoms with Crippen LogP contribution in [-0.4, -0.2) is 17.5 Å². The first-order valence-electron chi connectivity index (χ1n) is 0.667. The minimum Gasteiger partial charge on any atom is -0.759 e. The van der Waals surface area contributed by atoms with Crippen molar-refractivity contribution in [2.45, 2.75) is 0 Å². The van der Waals surface area contributed by atoms with Gasteiger partial charge >= 0.3 is 44.7 Å². The van der Waals surface area contributed by atoms with Gasteiger partial charge in [-0.1, -0.05) is 0 Å². The van der Waals surface area contributed by atoms with Gasteiger partial charge in [0.2, 0.25) is 0 Å². The largest absolute Gasteiger partial charge is 3.00 e. The zero-order valence-electron chi connectivity index (χ0n) is 3.16. The minimum atomic E-state index is -5.17. The molecule has 0 aromatic heterocycles. The second kappa shape index (κ2) is 5.46. The van der Waals surface area contributed by atoms with Crippen molar-refractivity contribution in [2.75, 3.05) is 0 Å². The topological polar surface area (TPSA) is 80.3 Å². The van der Waals surface area contributed by atoms with E-state index in [-0.39, 0.29) is 44.7 Å². The van der Waals surface area contributed by atoms with Gasteiger partial charge in [0.15, 0.2) is 0 Å². The van der Waals surface area contributed by atoms with Crippen LogP contribution in [-0.2, 0) is 55.1 Å². The molecule has 35 valence electrons. The molecule has 0 rings (SSSR count). The molecule has 0 aromatic rings. The number of hydrogen-bond donors (Lipinski definition) is 0. The molecule has 0 aliphatic rings. The van der Waals surface area contributed by atoms with Crippen LogP contribution in [0.2, 0.25) is 0 Å². The quantitative estimate of drug-likeness (QED) is 0.307. The van der Waals surface area contributed by atoms with Crippen LogP contribution in [0.4, 0.5) is 0 Å². The summed E-state index contributed by atoms with van der Waals surface area (Å²) in [6, 6.07) is 0. The molecule has 0 aromatic carbocycles. The summed E-state index contributed by atoms with van der Waals surface area (Å²) in [5.41, 5.74) is 0. The van der Waals surface area contributed by atoms with Gasteiger partial charge in [-0.05, 0) is 0 Å². The summed E-state index contributed by atoms with van der Waals surface area (Å²) in [5, 5.41) is 0. The minimum absolute atomic E-state index is 0. The summed E-state index contributed by atoms with van der Waals surface area (Å²) >= 11 is 0. The van der Waals surface area contributed by atoms with Crippen molar-refractivity contribution in [3.63, 3.8) is 0 Å². The molecule has 0 spiro atoms. The molecule has 4 nitrogen and oxygen atoms in total. The van der Waals surface area contributed by atoms with Crippen molar-refractivity contribution in [3.05, 3.63) is 0 Å². The van der Waals surface area contributed by atoms with Gasteiger partial charge in [-0.15, -0.1) is 0 Å². The maximum atomic E-state index is 8.52. The predicted molar refractivity (Wildman–Crippen MR) is 10.5 cm³/mol. The molecular formula is CdCrO4S+3. The molecule has 0 unspecified atom stereocenters. The Hall–Kier alpha value is 1.32. The van der Waals surface area contributed by atoms with Crippen molar-refractivity contribution >= 4 is 10.4 Å². The third-order valence-corrected chi connectivity index (χ3v) is 0. The summed E-state index contributed by atoms with van der Waals surface area (Å²) in [6.45, 7) is 0. The Morgan fingerprint density at radius 2 is 1.14 bits per heavy atom. The van der Waals surface area contributed by atoms with Crippen LogP contribution in [0.25, 0.3) is 0 Å². The fourth-order valence-corrected chi connectivity index (χ4v) is 0. The first kappa shape index (κ1) is 15.8. The third-order valence-electron chi connectivity index (χ3n) is 0. The van der Waals surface area contributed by atoms with Gasteiger partial charge in [-0.3, -0.25) is 8.42 Å². The van der Waals surface area contributed by atoms with Crippen LogP contribution < -0.4 is 0 Å². The molecule has 0 saturated heterocycles. The Balaban J connectivity index is -0.0000000800. The fourth-order valence-electron chi connectivity index (χ4n) is 0. The first-order valence-corrected chi connectivity index (χ1v) is 2.00. The zero-order valence-corrected chi connectivity index (χ0v) is 9.28. The Bertz CT molecular complexity index is 94.9. The van der Waals surface area contributed by atoms with E-state index in [1.54, 1.807) is 0 Å². The molecule has 7 heavy (non-hydrogen) atoms. The van der Waals surface area contributed by atoms with Gasteiger partial charge in [0.1, 0.15) is 0 Å². The van der Waals surface area contributed by atoms with Crippen molar-refractivity contribution in [3.8, 4) is 0 Å². The predicted octanol–water partition coefficient (Wildman–Crippen LogP) is -1.34. The van der Waals surface area contributed by atoms with Gasteiger partial charge in [0.05, 0.1) is 0 Å². The van der Waals surface area contributed by atoms with Crippen LogP contribution in [0.3, 0.4) is 0 Å². The summed E-state index contributed by atoms with van der Waals surface area (Å²) in [4.78, 5) is 0. The molecule has 0 saturated carbocycles. The van der Waals surface area contributed by atoms with Crippen LogP contribution >= 0.6 is 0 Å². The Morgan fingerprint density at radius 3 is 1.14 bits per heavy atom. The van der Waals surface area contributed by atoms with E-state index in [2.05, 4.69) is 0 Å². The zero-order chi connectivity index (χ0) is 4.50. The summed E-state index contributed by atoms with van der Waals surface area (Å²) in [7, 11) is -5.17. The molecule has 0 aliphatic heterocycles. The molecule has 0 bridgehead atoms. The van der Waals surface area contributed by atoms with E-state index >= 15 is 0 Å². The molecule has 0 N–H and O–H groups in total. The first-order chi connectivity index (χ1) is 2.00. The van der Waals surface area contributed by atoms with E-state index in [9.17, 15) is 0 Å². The van der Waals surface area contributed by atoms with E-state index in [0.717, 1.165) is 0 Å². The average molecular weight is 260 g/mol. The van der Waals surface area contributed by atoms with E-state index in [1.165, 1.54) is 0 Å². The molecule has 7 heteroatoms. The van der Waals surface area contributed by atoms with Crippen LogP contribution in [0.15, 0.2) is 0 Å². The summed E-state index contributed by atoms with van der Waals surface area (Å²) in [6.07, 6.45) is 0. The molecule has 0 aliphatic carbocycles. The number of rotatable bonds is 0. The van der Waals surface area contributed by atoms with Gasteiger partial charge in [0.25, 0.3) is 0 Å². The Morgan fingerprint density at radius 1 is 1.14 bits per heavy atom. The van der Waals surface area contributed by atoms with Gasteiger partial charge in [0, 0.05) is 10.4 Å². The maximum absolute atomic E-state index is 8.52. The monoisotopic (exact) mass is 262 g/mol. The number of hydrogen-bond acceptors (Lipinski definition) is 4. The third kappa shape index (κ3) is 118. The van der Waals surface area contributed by atoms with Gasteiger partial charge < -0.3 is 9.11 Å².